The number of amides is 2. The number of nitrogens with zero attached hydrogens (tertiary/aromatic N) is 3. The molecule has 1 aliphatic rings. The van der Waals surface area contributed by atoms with Gasteiger partial charge in [-0.05, 0) is 49.2 Å². The Bertz CT molecular complexity index is 993. The van der Waals surface area contributed by atoms with Crippen molar-refractivity contribution in [1.82, 2.24) is 10.2 Å². The van der Waals surface area contributed by atoms with Crippen LogP contribution in [0.1, 0.15) is 23.3 Å². The molecular weight excluding hydrogens is 378 g/mol. The molecule has 2 N–H and O–H groups in total. The molecule has 0 radical (unpaired) electrons. The molecule has 7 heteroatoms. The molecule has 3 aromatic rings. The van der Waals surface area contributed by atoms with Crippen molar-refractivity contribution in [3.8, 4) is 0 Å². The van der Waals surface area contributed by atoms with Crippen molar-refractivity contribution in [1.29, 1.82) is 0 Å². The molecule has 0 spiro atoms. The van der Waals surface area contributed by atoms with Gasteiger partial charge >= 0.3 is 0 Å². The van der Waals surface area contributed by atoms with E-state index >= 15 is 0 Å². The van der Waals surface area contributed by atoms with Gasteiger partial charge in [0.25, 0.3) is 5.91 Å². The van der Waals surface area contributed by atoms with Crippen LogP contribution in [0.15, 0.2) is 72.8 Å². The lowest BCUT2D eigenvalue weighted by Gasteiger charge is -2.32. The second-order valence-electron chi connectivity index (χ2n) is 7.24. The van der Waals surface area contributed by atoms with Crippen molar-refractivity contribution < 1.29 is 9.59 Å². The van der Waals surface area contributed by atoms with Gasteiger partial charge in [-0.25, -0.2) is 0 Å². The maximum absolute atomic E-state index is 12.6. The minimum Gasteiger partial charge on any atom is -0.354 e. The maximum atomic E-state index is 12.6. The first-order valence-corrected chi connectivity index (χ1v) is 10.00. The monoisotopic (exact) mass is 401 g/mol. The summed E-state index contributed by atoms with van der Waals surface area (Å²) in [6, 6.07) is 22.1. The molecule has 0 bridgehead atoms. The number of benzene rings is 2. The van der Waals surface area contributed by atoms with Crippen LogP contribution in [0.2, 0.25) is 0 Å². The van der Waals surface area contributed by atoms with E-state index in [0.29, 0.717) is 18.1 Å². The molecule has 0 saturated carbocycles. The van der Waals surface area contributed by atoms with E-state index in [0.717, 1.165) is 25.1 Å². The van der Waals surface area contributed by atoms with E-state index < -0.39 is 0 Å². The molecule has 1 unspecified atom stereocenters. The van der Waals surface area contributed by atoms with Gasteiger partial charge in [-0.2, -0.15) is 0 Å². The Morgan fingerprint density at radius 2 is 1.50 bits per heavy atom. The summed E-state index contributed by atoms with van der Waals surface area (Å²) in [4.78, 5) is 27.0. The molecule has 4 rings (SSSR count). The van der Waals surface area contributed by atoms with Gasteiger partial charge in [-0.3, -0.25) is 9.59 Å². The zero-order valence-electron chi connectivity index (χ0n) is 16.5. The third-order valence-corrected chi connectivity index (χ3v) is 5.07. The standard InChI is InChI=1S/C23H23N5O2/c29-22(24-18-9-3-1-4-10-18)17-8-7-15-28(16-17)21-14-13-20(26-27-21)23(30)25-19-11-5-2-6-12-19/h1-6,9-14,17H,7-8,15-16H2,(H,24,29)(H,25,30). The minimum absolute atomic E-state index is 0.0118. The summed E-state index contributed by atoms with van der Waals surface area (Å²) >= 11 is 0. The number of carbonyl (C=O) groups excluding carboxylic acids is 2. The molecule has 2 amide bonds. The van der Waals surface area contributed by atoms with Crippen molar-refractivity contribution in [2.24, 2.45) is 5.92 Å². The lowest BCUT2D eigenvalue weighted by Crippen LogP contribution is -2.41. The third-order valence-electron chi connectivity index (χ3n) is 5.07. The first kappa shape index (κ1) is 19.6. The average molecular weight is 401 g/mol. The lowest BCUT2D eigenvalue weighted by atomic mass is 9.97. The smallest absolute Gasteiger partial charge is 0.276 e. The predicted molar refractivity (Wildman–Crippen MR) is 116 cm³/mol. The van der Waals surface area contributed by atoms with Gasteiger partial charge in [0.2, 0.25) is 5.91 Å². The first-order chi connectivity index (χ1) is 14.7. The summed E-state index contributed by atoms with van der Waals surface area (Å²) in [5.74, 6) is 0.252. The molecule has 1 fully saturated rings. The highest BCUT2D eigenvalue weighted by Crippen LogP contribution is 2.23. The number of piperidine rings is 1. The molecule has 1 saturated heterocycles. The fraction of sp³-hybridized carbons (Fsp3) is 0.217. The van der Waals surface area contributed by atoms with Crippen LogP contribution in [0.4, 0.5) is 17.2 Å². The fourth-order valence-electron chi connectivity index (χ4n) is 3.50. The summed E-state index contributed by atoms with van der Waals surface area (Å²) < 4.78 is 0. The Hall–Kier alpha value is -3.74. The average Bonchev–Trinajstić information content (AvgIpc) is 2.80. The number of aromatic nitrogens is 2. The highest BCUT2D eigenvalue weighted by Gasteiger charge is 2.27. The molecular formula is C23H23N5O2. The topological polar surface area (TPSA) is 87.2 Å². The van der Waals surface area contributed by atoms with Gasteiger partial charge in [0.05, 0.1) is 5.92 Å². The first-order valence-electron chi connectivity index (χ1n) is 10.00. The predicted octanol–water partition coefficient (Wildman–Crippen LogP) is 3.58. The highest BCUT2D eigenvalue weighted by molar-refractivity contribution is 6.02. The zero-order chi connectivity index (χ0) is 20.8. The number of hydrogen-bond donors (Lipinski definition) is 2. The summed E-state index contributed by atoms with van der Waals surface area (Å²) in [6.07, 6.45) is 1.73. The molecule has 30 heavy (non-hydrogen) atoms. The van der Waals surface area contributed by atoms with E-state index in [1.165, 1.54) is 0 Å². The number of anilines is 3. The van der Waals surface area contributed by atoms with Crippen LogP contribution < -0.4 is 15.5 Å². The van der Waals surface area contributed by atoms with E-state index in [4.69, 9.17) is 0 Å². The summed E-state index contributed by atoms with van der Waals surface area (Å²) in [5, 5.41) is 14.1. The molecule has 152 valence electrons. The van der Waals surface area contributed by atoms with E-state index in [2.05, 4.69) is 20.8 Å². The van der Waals surface area contributed by atoms with Gasteiger partial charge in [-0.1, -0.05) is 36.4 Å². The Labute approximate surface area is 175 Å². The van der Waals surface area contributed by atoms with Gasteiger partial charge in [0.15, 0.2) is 11.5 Å². The number of carbonyl (C=O) groups is 2. The Balaban J connectivity index is 1.37. The van der Waals surface area contributed by atoms with Crippen LogP contribution in [-0.4, -0.2) is 35.1 Å². The molecule has 0 aliphatic carbocycles. The minimum atomic E-state index is -0.306. The largest absolute Gasteiger partial charge is 0.354 e. The third kappa shape index (κ3) is 4.81. The zero-order valence-corrected chi connectivity index (χ0v) is 16.5. The summed E-state index contributed by atoms with van der Waals surface area (Å²) in [6.45, 7) is 1.38. The van der Waals surface area contributed by atoms with E-state index in [1.807, 2.05) is 65.6 Å². The Morgan fingerprint density at radius 3 is 2.13 bits per heavy atom. The van der Waals surface area contributed by atoms with Gasteiger partial charge in [0, 0.05) is 24.5 Å². The van der Waals surface area contributed by atoms with Gasteiger partial charge in [-0.15, -0.1) is 10.2 Å². The van der Waals surface area contributed by atoms with Gasteiger partial charge < -0.3 is 15.5 Å². The van der Waals surface area contributed by atoms with Crippen LogP contribution >= 0.6 is 0 Å². The number of nitrogens with one attached hydrogen (secondary N) is 2. The van der Waals surface area contributed by atoms with Crippen molar-refractivity contribution >= 4 is 29.0 Å². The van der Waals surface area contributed by atoms with Crippen molar-refractivity contribution in [3.63, 3.8) is 0 Å². The van der Waals surface area contributed by atoms with Crippen LogP contribution in [0.3, 0.4) is 0 Å². The van der Waals surface area contributed by atoms with Crippen LogP contribution in [0.5, 0.6) is 0 Å². The molecule has 1 atom stereocenters. The molecule has 2 heterocycles. The summed E-state index contributed by atoms with van der Waals surface area (Å²) in [5.41, 5.74) is 1.75. The van der Waals surface area contributed by atoms with Crippen LogP contribution in [-0.2, 0) is 4.79 Å². The maximum Gasteiger partial charge on any atom is 0.276 e. The van der Waals surface area contributed by atoms with Crippen LogP contribution in [0.25, 0.3) is 0 Å². The second kappa shape index (κ2) is 9.17. The molecule has 2 aromatic carbocycles. The molecule has 7 nitrogen and oxygen atoms in total. The van der Waals surface area contributed by atoms with E-state index in [1.54, 1.807) is 12.1 Å². The van der Waals surface area contributed by atoms with Crippen LogP contribution in [0, 0.1) is 5.92 Å². The Morgan fingerprint density at radius 1 is 0.833 bits per heavy atom. The van der Waals surface area contributed by atoms with E-state index in [-0.39, 0.29) is 23.4 Å². The number of para-hydroxylation sites is 2. The second-order valence-corrected chi connectivity index (χ2v) is 7.24. The fourth-order valence-corrected chi connectivity index (χ4v) is 3.50. The quantitative estimate of drug-likeness (QED) is 0.682. The summed E-state index contributed by atoms with van der Waals surface area (Å²) in [7, 11) is 0. The Kier molecular flexibility index (Phi) is 5.98. The SMILES string of the molecule is O=C(Nc1ccccc1)c1ccc(N2CCCC(C(=O)Nc3ccccc3)C2)nn1. The van der Waals surface area contributed by atoms with Crippen molar-refractivity contribution in [3.05, 3.63) is 78.5 Å². The lowest BCUT2D eigenvalue weighted by molar-refractivity contribution is -0.120. The normalized spacial score (nSPS) is 16.0. The van der Waals surface area contributed by atoms with Crippen molar-refractivity contribution in [2.75, 3.05) is 28.6 Å². The highest BCUT2D eigenvalue weighted by atomic mass is 16.2. The number of rotatable bonds is 5. The van der Waals surface area contributed by atoms with E-state index in [9.17, 15) is 9.59 Å². The van der Waals surface area contributed by atoms with Crippen molar-refractivity contribution in [2.45, 2.75) is 12.8 Å². The number of hydrogen-bond acceptors (Lipinski definition) is 5. The molecule has 1 aromatic heterocycles. The molecule has 1 aliphatic heterocycles. The van der Waals surface area contributed by atoms with Gasteiger partial charge in [0.1, 0.15) is 0 Å².